The van der Waals surface area contributed by atoms with Crippen LogP contribution in [-0.2, 0) is 4.79 Å². The van der Waals surface area contributed by atoms with Crippen molar-refractivity contribution >= 4 is 28.9 Å². The van der Waals surface area contributed by atoms with E-state index in [0.29, 0.717) is 5.92 Å². The molecule has 1 saturated heterocycles. The Bertz CT molecular complexity index is 518. The molecule has 1 fully saturated rings. The second kappa shape index (κ2) is 6.73. The van der Waals surface area contributed by atoms with Crippen molar-refractivity contribution in [3.05, 3.63) is 12.2 Å². The number of amidine groups is 1. The summed E-state index contributed by atoms with van der Waals surface area (Å²) in [6.07, 6.45) is 0.543. The van der Waals surface area contributed by atoms with Crippen LogP contribution in [0, 0.1) is 5.92 Å². The highest BCUT2D eigenvalue weighted by molar-refractivity contribution is 8.13. The Morgan fingerprint density at radius 1 is 1.45 bits per heavy atom. The first kappa shape index (κ1) is 16.9. The largest absolute Gasteiger partial charge is 0.336 e. The molecule has 0 spiro atoms. The number of rotatable bonds is 5. The van der Waals surface area contributed by atoms with Gasteiger partial charge in [-0.25, -0.2) is 9.79 Å². The van der Waals surface area contributed by atoms with Crippen LogP contribution in [-0.4, -0.2) is 58.5 Å². The van der Waals surface area contributed by atoms with Gasteiger partial charge in [-0.2, -0.15) is 0 Å². The predicted octanol–water partition coefficient (Wildman–Crippen LogP) is 1.89. The van der Waals surface area contributed by atoms with Gasteiger partial charge in [0.1, 0.15) is 0 Å². The molecule has 3 amide bonds. The summed E-state index contributed by atoms with van der Waals surface area (Å²) in [5.41, 5.74) is 1.06. The predicted molar refractivity (Wildman–Crippen MR) is 89.7 cm³/mol. The molecule has 0 aromatic rings. The normalized spacial score (nSPS) is 24.5. The first-order valence-electron chi connectivity index (χ1n) is 7.50. The Labute approximate surface area is 136 Å². The zero-order chi connectivity index (χ0) is 16.4. The van der Waals surface area contributed by atoms with Gasteiger partial charge in [-0.3, -0.25) is 10.1 Å². The Morgan fingerprint density at radius 3 is 2.73 bits per heavy atom. The second-order valence-electron chi connectivity index (χ2n) is 6.30. The highest BCUT2D eigenvalue weighted by Crippen LogP contribution is 2.29. The Kier molecular flexibility index (Phi) is 5.16. The monoisotopic (exact) mass is 324 g/mol. The third-order valence-corrected chi connectivity index (χ3v) is 4.95. The van der Waals surface area contributed by atoms with E-state index in [0.717, 1.165) is 29.5 Å². The molecule has 0 aromatic carbocycles. The molecule has 122 valence electrons. The lowest BCUT2D eigenvalue weighted by atomic mass is 10.1. The first-order chi connectivity index (χ1) is 10.3. The van der Waals surface area contributed by atoms with Crippen LogP contribution in [0.4, 0.5) is 4.79 Å². The number of aliphatic imine (C=N–C) groups is 1. The molecule has 2 unspecified atom stereocenters. The van der Waals surface area contributed by atoms with Crippen LogP contribution in [0.25, 0.3) is 0 Å². The summed E-state index contributed by atoms with van der Waals surface area (Å²) in [5.74, 6) is 1.04. The summed E-state index contributed by atoms with van der Waals surface area (Å²) in [6, 6.07) is -0.806. The fraction of sp³-hybridized carbons (Fsp3) is 0.667. The van der Waals surface area contributed by atoms with E-state index in [2.05, 4.69) is 30.7 Å². The maximum Gasteiger partial charge on any atom is 0.325 e. The van der Waals surface area contributed by atoms with Crippen molar-refractivity contribution in [2.24, 2.45) is 10.9 Å². The van der Waals surface area contributed by atoms with Gasteiger partial charge in [0.05, 0.1) is 0 Å². The molecule has 0 saturated carbocycles. The highest BCUT2D eigenvalue weighted by Gasteiger charge is 2.48. The number of fused-ring (bicyclic) bond motifs is 1. The minimum Gasteiger partial charge on any atom is -0.336 e. The van der Waals surface area contributed by atoms with Crippen molar-refractivity contribution in [1.29, 1.82) is 0 Å². The smallest absolute Gasteiger partial charge is 0.325 e. The molecule has 2 aliphatic rings. The lowest BCUT2D eigenvalue weighted by molar-refractivity contribution is -0.127. The molecule has 22 heavy (non-hydrogen) atoms. The van der Waals surface area contributed by atoms with Crippen LogP contribution >= 0.6 is 11.8 Å². The van der Waals surface area contributed by atoms with Crippen LogP contribution in [0.1, 0.15) is 27.2 Å². The van der Waals surface area contributed by atoms with Gasteiger partial charge in [0, 0.05) is 19.3 Å². The zero-order valence-electron chi connectivity index (χ0n) is 13.6. The van der Waals surface area contributed by atoms with Crippen molar-refractivity contribution in [3.8, 4) is 0 Å². The first-order valence-corrected chi connectivity index (χ1v) is 8.49. The van der Waals surface area contributed by atoms with Gasteiger partial charge in [-0.15, -0.1) is 0 Å². The van der Waals surface area contributed by atoms with Crippen LogP contribution in [0.3, 0.4) is 0 Å². The maximum atomic E-state index is 12.3. The SMILES string of the molecule is C=C(C)CSC1=NC2C(C(=O)NC(=O)N2C)N1CCC(C)C. The minimum absolute atomic E-state index is 0.258. The van der Waals surface area contributed by atoms with Gasteiger partial charge in [0.25, 0.3) is 5.91 Å². The number of nitrogens with zero attached hydrogens (tertiary/aromatic N) is 3. The van der Waals surface area contributed by atoms with Gasteiger partial charge in [0.15, 0.2) is 17.4 Å². The van der Waals surface area contributed by atoms with E-state index in [4.69, 9.17) is 0 Å². The lowest BCUT2D eigenvalue weighted by Crippen LogP contribution is -2.63. The molecule has 7 heteroatoms. The fourth-order valence-corrected chi connectivity index (χ4v) is 3.37. The molecule has 2 heterocycles. The van der Waals surface area contributed by atoms with Crippen molar-refractivity contribution in [3.63, 3.8) is 0 Å². The fourth-order valence-electron chi connectivity index (χ4n) is 2.44. The Morgan fingerprint density at radius 2 is 2.14 bits per heavy atom. The number of nitrogens with one attached hydrogen (secondary N) is 1. The summed E-state index contributed by atoms with van der Waals surface area (Å²) < 4.78 is 0. The number of hydrogen-bond donors (Lipinski definition) is 1. The summed E-state index contributed by atoms with van der Waals surface area (Å²) >= 11 is 1.58. The van der Waals surface area contributed by atoms with Gasteiger partial charge in [0.2, 0.25) is 0 Å². The van der Waals surface area contributed by atoms with E-state index < -0.39 is 12.2 Å². The number of urea groups is 1. The van der Waals surface area contributed by atoms with Crippen LogP contribution in [0.2, 0.25) is 0 Å². The number of hydrogen-bond acceptors (Lipinski definition) is 5. The van der Waals surface area contributed by atoms with Gasteiger partial charge >= 0.3 is 6.03 Å². The third-order valence-electron chi connectivity index (χ3n) is 3.72. The highest BCUT2D eigenvalue weighted by atomic mass is 32.2. The van der Waals surface area contributed by atoms with Crippen LogP contribution in [0.5, 0.6) is 0 Å². The topological polar surface area (TPSA) is 65.0 Å². The molecule has 0 aromatic heterocycles. The second-order valence-corrected chi connectivity index (χ2v) is 7.24. The summed E-state index contributed by atoms with van der Waals surface area (Å²) in [6.45, 7) is 10.9. The molecule has 0 aliphatic carbocycles. The molecule has 1 N–H and O–H groups in total. The third kappa shape index (κ3) is 3.45. The molecular weight excluding hydrogens is 300 g/mol. The number of amides is 3. The minimum atomic E-state index is -0.430. The summed E-state index contributed by atoms with van der Waals surface area (Å²) in [7, 11) is 1.68. The van der Waals surface area contributed by atoms with Crippen molar-refractivity contribution in [2.75, 3.05) is 19.3 Å². The quantitative estimate of drug-likeness (QED) is 0.784. The summed E-state index contributed by atoms with van der Waals surface area (Å²) in [4.78, 5) is 32.2. The van der Waals surface area contributed by atoms with E-state index in [-0.39, 0.29) is 11.9 Å². The molecule has 2 rings (SSSR count). The number of imide groups is 1. The van der Waals surface area contributed by atoms with E-state index in [1.165, 1.54) is 4.90 Å². The maximum absolute atomic E-state index is 12.3. The average molecular weight is 324 g/mol. The van der Waals surface area contributed by atoms with Gasteiger partial charge in [-0.1, -0.05) is 37.8 Å². The van der Waals surface area contributed by atoms with Gasteiger partial charge in [-0.05, 0) is 19.3 Å². The Hall–Kier alpha value is -1.50. The number of likely N-dealkylation sites (N-methyl/N-ethyl adjacent to an activating group) is 1. The number of thioether (sulfide) groups is 1. The van der Waals surface area contributed by atoms with Crippen LogP contribution < -0.4 is 5.32 Å². The van der Waals surface area contributed by atoms with Crippen molar-refractivity contribution in [1.82, 2.24) is 15.1 Å². The number of carbonyl (C=O) groups is 2. The zero-order valence-corrected chi connectivity index (χ0v) is 14.4. The molecular formula is C15H24N4O2S. The van der Waals surface area contributed by atoms with E-state index in [1.54, 1.807) is 18.8 Å². The number of carbonyl (C=O) groups excluding carboxylic acids is 2. The lowest BCUT2D eigenvalue weighted by Gasteiger charge is -2.36. The molecule has 2 atom stereocenters. The van der Waals surface area contributed by atoms with Crippen molar-refractivity contribution in [2.45, 2.75) is 39.4 Å². The molecule has 2 aliphatic heterocycles. The summed E-state index contributed by atoms with van der Waals surface area (Å²) in [5, 5.41) is 3.24. The van der Waals surface area contributed by atoms with E-state index in [1.807, 2.05) is 11.8 Å². The van der Waals surface area contributed by atoms with Gasteiger partial charge < -0.3 is 9.80 Å². The Balaban J connectivity index is 2.21. The van der Waals surface area contributed by atoms with Crippen molar-refractivity contribution < 1.29 is 9.59 Å². The molecule has 6 nitrogen and oxygen atoms in total. The average Bonchev–Trinajstić information content (AvgIpc) is 2.79. The van der Waals surface area contributed by atoms with E-state index in [9.17, 15) is 9.59 Å². The molecule has 0 radical (unpaired) electrons. The molecule has 0 bridgehead atoms. The van der Waals surface area contributed by atoms with Crippen LogP contribution in [0.15, 0.2) is 17.1 Å². The standard InChI is InChI=1S/C15H24N4O2S/c1-9(2)6-7-19-11-12(16-15(19)22-8-10(3)4)18(5)14(21)17-13(11)20/h9,11-12H,3,6-8H2,1-2,4-5H3,(H,17,20,21). The van der Waals surface area contributed by atoms with E-state index >= 15 is 0 Å².